The number of ether oxygens (including phenoxy) is 11. The number of thiazole rings is 1. The van der Waals surface area contributed by atoms with E-state index in [1.165, 1.54) is 84.3 Å². The third-order valence-electron chi connectivity index (χ3n) is 9.55. The summed E-state index contributed by atoms with van der Waals surface area (Å²) in [6.07, 6.45) is 5.40. The minimum absolute atomic E-state index is 0.000958. The van der Waals surface area contributed by atoms with Crippen LogP contribution < -0.4 is 33.8 Å². The van der Waals surface area contributed by atoms with Crippen molar-refractivity contribution in [3.8, 4) is 34.5 Å². The van der Waals surface area contributed by atoms with Crippen molar-refractivity contribution in [2.75, 3.05) is 39.2 Å². The minimum Gasteiger partial charge on any atom is -0.462 e. The molecule has 0 radical (unpaired) electrons. The van der Waals surface area contributed by atoms with Crippen molar-refractivity contribution in [1.29, 1.82) is 0 Å². The standard InChI is InChI=1S/C53H43N3O18S/c1-5-46(57)69-29-65-41-21-16-35(26-43(41)67-31-71-48(59)7-3)51(62)73-38-18-14-34(15-19-38)50(61)64-24-23-33-13-20-40(37(25-33)28-54-56-53-55-39-11-9-10-12-45(39)75-53)74-52(63)36-17-22-42(66-30-70-47(58)6-2)44(27-36)68-32-72-49(60)8-4/h5-22,25-28H,1-4,23-24,29-32H2,(H,55,56)/b54-28+. The average Bonchev–Trinajstić information content (AvgIpc) is 3.85. The number of nitrogens with zero attached hydrogens (tertiary/aromatic N) is 2. The summed E-state index contributed by atoms with van der Waals surface area (Å²) in [5, 5.41) is 4.85. The van der Waals surface area contributed by atoms with Crippen LogP contribution in [0.4, 0.5) is 5.13 Å². The lowest BCUT2D eigenvalue weighted by Gasteiger charge is -2.14. The number of aromatic nitrogens is 1. The number of hydrazone groups is 1. The Kier molecular flexibility index (Phi) is 19.9. The van der Waals surface area contributed by atoms with Gasteiger partial charge < -0.3 is 52.1 Å². The zero-order valence-electron chi connectivity index (χ0n) is 39.4. The molecule has 1 N–H and O–H groups in total. The predicted molar refractivity (Wildman–Crippen MR) is 268 cm³/mol. The second-order valence-electron chi connectivity index (χ2n) is 14.5. The average molecular weight is 1040 g/mol. The van der Waals surface area contributed by atoms with Gasteiger partial charge in [-0.05, 0) is 90.5 Å². The van der Waals surface area contributed by atoms with Gasteiger partial charge >= 0.3 is 41.8 Å². The summed E-state index contributed by atoms with van der Waals surface area (Å²) in [7, 11) is 0. The summed E-state index contributed by atoms with van der Waals surface area (Å²) < 4.78 is 59.2. The molecule has 75 heavy (non-hydrogen) atoms. The van der Waals surface area contributed by atoms with Crippen LogP contribution in [0.2, 0.25) is 0 Å². The third-order valence-corrected chi connectivity index (χ3v) is 10.5. The molecule has 6 rings (SSSR count). The van der Waals surface area contributed by atoms with Crippen LogP contribution in [-0.2, 0) is 49.3 Å². The Morgan fingerprint density at radius 2 is 1.01 bits per heavy atom. The molecule has 0 aliphatic heterocycles. The molecular weight excluding hydrogens is 999 g/mol. The van der Waals surface area contributed by atoms with E-state index in [2.05, 4.69) is 41.8 Å². The maximum atomic E-state index is 13.6. The van der Waals surface area contributed by atoms with Crippen LogP contribution in [0.25, 0.3) is 10.2 Å². The number of hydrogen-bond donors (Lipinski definition) is 1. The lowest BCUT2D eigenvalue weighted by atomic mass is 10.1. The number of fused-ring (bicyclic) bond motifs is 1. The summed E-state index contributed by atoms with van der Waals surface area (Å²) in [5.74, 6) is -5.23. The van der Waals surface area contributed by atoms with Crippen LogP contribution in [0, 0.1) is 0 Å². The largest absolute Gasteiger partial charge is 0.462 e. The highest BCUT2D eigenvalue weighted by atomic mass is 32.1. The lowest BCUT2D eigenvalue weighted by molar-refractivity contribution is -0.146. The van der Waals surface area contributed by atoms with E-state index in [0.717, 1.165) is 34.5 Å². The number of para-hydroxylation sites is 1. The summed E-state index contributed by atoms with van der Waals surface area (Å²) in [6.45, 7) is 11.0. The van der Waals surface area contributed by atoms with Gasteiger partial charge in [-0.25, -0.2) is 38.5 Å². The van der Waals surface area contributed by atoms with Gasteiger partial charge in [-0.1, -0.05) is 55.9 Å². The van der Waals surface area contributed by atoms with Gasteiger partial charge in [-0.15, -0.1) is 0 Å². The Labute approximate surface area is 430 Å². The van der Waals surface area contributed by atoms with E-state index in [0.29, 0.717) is 16.3 Å². The topological polar surface area (TPSA) is 258 Å². The molecular formula is C53H43N3O18S. The SMILES string of the molecule is C=CC(=O)OCOc1ccc(C(=O)Oc2ccc(C(=O)OCCc3ccc(OC(=O)c4ccc(OCOC(=O)C=C)c(OCOC(=O)C=C)c4)c(/C=N/Nc4nc5ccccc5s4)c3)cc2)cc1OCOC(=O)C=C. The number of esters is 7. The first-order chi connectivity index (χ1) is 36.3. The van der Waals surface area contributed by atoms with E-state index in [4.69, 9.17) is 52.1 Å². The quantitative estimate of drug-likeness (QED) is 0.00979. The number of benzene rings is 5. The fourth-order valence-corrected chi connectivity index (χ4v) is 6.74. The Morgan fingerprint density at radius 3 is 1.55 bits per heavy atom. The van der Waals surface area contributed by atoms with Crippen molar-refractivity contribution >= 4 is 74.7 Å². The van der Waals surface area contributed by atoms with Gasteiger partial charge in [0.25, 0.3) is 0 Å². The predicted octanol–water partition coefficient (Wildman–Crippen LogP) is 7.84. The summed E-state index contributed by atoms with van der Waals surface area (Å²) >= 11 is 1.38. The molecule has 0 amide bonds. The molecule has 0 fully saturated rings. The molecule has 21 nitrogen and oxygen atoms in total. The molecule has 0 atom stereocenters. The van der Waals surface area contributed by atoms with Crippen molar-refractivity contribution in [3.63, 3.8) is 0 Å². The first kappa shape index (κ1) is 54.2. The van der Waals surface area contributed by atoms with Crippen molar-refractivity contribution < 1.29 is 85.7 Å². The highest BCUT2D eigenvalue weighted by Gasteiger charge is 2.19. The van der Waals surface area contributed by atoms with E-state index in [9.17, 15) is 33.6 Å². The highest BCUT2D eigenvalue weighted by Crippen LogP contribution is 2.32. The summed E-state index contributed by atoms with van der Waals surface area (Å²) in [4.78, 5) is 90.5. The van der Waals surface area contributed by atoms with Gasteiger partial charge in [0.15, 0.2) is 23.0 Å². The minimum atomic E-state index is -0.834. The summed E-state index contributed by atoms with van der Waals surface area (Å²) in [6, 6.07) is 26.0. The summed E-state index contributed by atoms with van der Waals surface area (Å²) in [5.41, 5.74) is 4.82. The lowest BCUT2D eigenvalue weighted by Crippen LogP contribution is -2.13. The second-order valence-corrected chi connectivity index (χ2v) is 15.5. The van der Waals surface area contributed by atoms with Gasteiger partial charge in [0.1, 0.15) is 11.5 Å². The molecule has 0 bridgehead atoms. The van der Waals surface area contributed by atoms with E-state index in [1.54, 1.807) is 12.1 Å². The smallest absolute Gasteiger partial charge is 0.343 e. The van der Waals surface area contributed by atoms with Crippen molar-refractivity contribution in [3.05, 3.63) is 182 Å². The van der Waals surface area contributed by atoms with Crippen molar-refractivity contribution in [1.82, 2.24) is 4.98 Å². The Hall–Kier alpha value is -10.1. The molecule has 0 spiro atoms. The molecule has 22 heteroatoms. The molecule has 0 aliphatic rings. The zero-order valence-corrected chi connectivity index (χ0v) is 40.2. The molecule has 1 heterocycles. The van der Waals surface area contributed by atoms with E-state index >= 15 is 0 Å². The van der Waals surface area contributed by atoms with Crippen molar-refractivity contribution in [2.24, 2.45) is 5.10 Å². The molecule has 5 aromatic carbocycles. The monoisotopic (exact) mass is 1040 g/mol. The van der Waals surface area contributed by atoms with E-state index in [-0.39, 0.29) is 64.2 Å². The Bertz CT molecular complexity index is 3110. The number of carbonyl (C=O) groups excluding carboxylic acids is 7. The first-order valence-electron chi connectivity index (χ1n) is 21.8. The fraction of sp³-hybridized carbons (Fsp3) is 0.113. The third kappa shape index (κ3) is 16.5. The van der Waals surface area contributed by atoms with Crippen LogP contribution in [0.5, 0.6) is 34.5 Å². The molecule has 0 saturated heterocycles. The maximum Gasteiger partial charge on any atom is 0.343 e. The maximum absolute atomic E-state index is 13.6. The molecule has 0 aliphatic carbocycles. The molecule has 1 aromatic heterocycles. The van der Waals surface area contributed by atoms with Crippen LogP contribution >= 0.6 is 11.3 Å². The first-order valence-corrected chi connectivity index (χ1v) is 22.6. The van der Waals surface area contributed by atoms with Gasteiger partial charge in [0.2, 0.25) is 32.3 Å². The number of rotatable bonds is 27. The van der Waals surface area contributed by atoms with E-state index in [1.807, 2.05) is 24.3 Å². The second kappa shape index (κ2) is 27.5. The van der Waals surface area contributed by atoms with Gasteiger partial charge in [-0.2, -0.15) is 5.10 Å². The van der Waals surface area contributed by atoms with Gasteiger partial charge in [-0.3, -0.25) is 5.43 Å². The number of nitrogens with one attached hydrogen (secondary N) is 1. The molecule has 6 aromatic rings. The van der Waals surface area contributed by atoms with Crippen LogP contribution in [0.1, 0.15) is 42.2 Å². The fourth-order valence-electron chi connectivity index (χ4n) is 5.93. The Balaban J connectivity index is 1.11. The van der Waals surface area contributed by atoms with Gasteiger partial charge in [0, 0.05) is 36.3 Å². The molecule has 384 valence electrons. The van der Waals surface area contributed by atoms with Gasteiger partial charge in [0.05, 0.1) is 39.7 Å². The van der Waals surface area contributed by atoms with E-state index < -0.39 is 69.0 Å². The zero-order chi connectivity index (χ0) is 53.5. The number of hydrogen-bond acceptors (Lipinski definition) is 22. The van der Waals surface area contributed by atoms with Crippen LogP contribution in [0.3, 0.4) is 0 Å². The molecule has 0 unspecified atom stereocenters. The Morgan fingerprint density at radius 1 is 0.520 bits per heavy atom. The molecule has 0 saturated carbocycles. The number of anilines is 1. The normalized spacial score (nSPS) is 10.5. The highest BCUT2D eigenvalue weighted by molar-refractivity contribution is 7.22. The van der Waals surface area contributed by atoms with Crippen LogP contribution in [-0.4, -0.2) is 86.8 Å². The number of carbonyl (C=O) groups is 7. The van der Waals surface area contributed by atoms with Crippen LogP contribution in [0.15, 0.2) is 159 Å². The van der Waals surface area contributed by atoms with Crippen molar-refractivity contribution in [2.45, 2.75) is 6.42 Å².